The number of aliphatic hydroxyl groups is 1. The highest BCUT2D eigenvalue weighted by molar-refractivity contribution is 4.84. The van der Waals surface area contributed by atoms with Crippen LogP contribution in [0.3, 0.4) is 0 Å². The first-order valence-electron chi connectivity index (χ1n) is 4.86. The minimum Gasteiger partial charge on any atom is -0.394 e. The maximum Gasteiger partial charge on any atom is 0.330 e. The Kier molecular flexibility index (Phi) is 3.18. The van der Waals surface area contributed by atoms with Gasteiger partial charge in [-0.15, -0.1) is 0 Å². The Morgan fingerprint density at radius 1 is 1.44 bits per heavy atom. The Morgan fingerprint density at radius 2 is 2.25 bits per heavy atom. The quantitative estimate of drug-likeness (QED) is 0.638. The molecule has 2 rings (SSSR count). The van der Waals surface area contributed by atoms with E-state index in [1.165, 1.54) is 16.8 Å². The van der Waals surface area contributed by atoms with Gasteiger partial charge >= 0.3 is 5.69 Å². The molecular weight excluding hydrogens is 216 g/mol. The van der Waals surface area contributed by atoms with Gasteiger partial charge < -0.3 is 14.6 Å². The van der Waals surface area contributed by atoms with Crippen LogP contribution in [0.25, 0.3) is 0 Å². The van der Waals surface area contributed by atoms with Crippen molar-refractivity contribution < 1.29 is 14.6 Å². The first-order valence-corrected chi connectivity index (χ1v) is 4.86. The molecule has 0 saturated carbocycles. The molecule has 0 spiro atoms. The first kappa shape index (κ1) is 11.1. The fourth-order valence-corrected chi connectivity index (χ4v) is 1.45. The SMILES string of the molecule is O=c1ccn(C2COC(CO)CO2)c(=O)[nH]1. The zero-order valence-corrected chi connectivity index (χ0v) is 8.46. The van der Waals surface area contributed by atoms with Crippen molar-refractivity contribution in [2.45, 2.75) is 12.3 Å². The summed E-state index contributed by atoms with van der Waals surface area (Å²) in [7, 11) is 0. The van der Waals surface area contributed by atoms with Crippen molar-refractivity contribution in [3.63, 3.8) is 0 Å². The molecule has 0 amide bonds. The topological polar surface area (TPSA) is 93.5 Å². The van der Waals surface area contributed by atoms with E-state index in [0.29, 0.717) is 0 Å². The summed E-state index contributed by atoms with van der Waals surface area (Å²) < 4.78 is 11.8. The van der Waals surface area contributed by atoms with Crippen molar-refractivity contribution in [3.05, 3.63) is 33.1 Å². The maximum atomic E-state index is 11.4. The number of aliphatic hydroxyl groups excluding tert-OH is 1. The molecule has 0 aromatic carbocycles. The lowest BCUT2D eigenvalue weighted by molar-refractivity contribution is -0.172. The average molecular weight is 228 g/mol. The summed E-state index contributed by atoms with van der Waals surface area (Å²) in [6, 6.07) is 1.24. The first-order chi connectivity index (χ1) is 7.70. The second-order valence-corrected chi connectivity index (χ2v) is 3.44. The highest BCUT2D eigenvalue weighted by Crippen LogP contribution is 2.13. The van der Waals surface area contributed by atoms with Crippen molar-refractivity contribution in [2.24, 2.45) is 0 Å². The number of nitrogens with one attached hydrogen (secondary N) is 1. The molecule has 0 radical (unpaired) electrons. The minimum absolute atomic E-state index is 0.118. The second-order valence-electron chi connectivity index (χ2n) is 3.44. The van der Waals surface area contributed by atoms with Gasteiger partial charge in [0.1, 0.15) is 6.10 Å². The number of aromatic nitrogens is 2. The molecule has 1 saturated heterocycles. The summed E-state index contributed by atoms with van der Waals surface area (Å²) in [5.74, 6) is 0. The fourth-order valence-electron chi connectivity index (χ4n) is 1.45. The number of nitrogens with zero attached hydrogens (tertiary/aromatic N) is 1. The van der Waals surface area contributed by atoms with Gasteiger partial charge in [0.15, 0.2) is 6.23 Å². The number of H-pyrrole nitrogens is 1. The van der Waals surface area contributed by atoms with E-state index in [4.69, 9.17) is 14.6 Å². The van der Waals surface area contributed by atoms with Gasteiger partial charge in [-0.25, -0.2) is 4.79 Å². The van der Waals surface area contributed by atoms with Crippen LogP contribution in [0.15, 0.2) is 21.9 Å². The molecule has 1 aromatic heterocycles. The molecule has 7 heteroatoms. The van der Waals surface area contributed by atoms with Crippen LogP contribution in [0.1, 0.15) is 6.23 Å². The molecule has 16 heavy (non-hydrogen) atoms. The van der Waals surface area contributed by atoms with Crippen LogP contribution in [0.4, 0.5) is 0 Å². The van der Waals surface area contributed by atoms with E-state index in [-0.39, 0.29) is 25.9 Å². The predicted molar refractivity (Wildman–Crippen MR) is 53.1 cm³/mol. The molecule has 1 fully saturated rings. The van der Waals surface area contributed by atoms with Gasteiger partial charge in [0.2, 0.25) is 0 Å². The summed E-state index contributed by atoms with van der Waals surface area (Å²) in [6.45, 7) is 0.261. The summed E-state index contributed by atoms with van der Waals surface area (Å²) in [4.78, 5) is 24.4. The van der Waals surface area contributed by atoms with Crippen LogP contribution < -0.4 is 11.2 Å². The van der Waals surface area contributed by atoms with Gasteiger partial charge in [0.25, 0.3) is 5.56 Å². The summed E-state index contributed by atoms with van der Waals surface area (Å²) in [5.41, 5.74) is -0.991. The third-order valence-electron chi connectivity index (χ3n) is 2.31. The van der Waals surface area contributed by atoms with Crippen molar-refractivity contribution in [2.75, 3.05) is 19.8 Å². The van der Waals surface area contributed by atoms with Crippen molar-refractivity contribution in [1.82, 2.24) is 9.55 Å². The monoisotopic (exact) mass is 228 g/mol. The molecule has 1 aliphatic heterocycles. The van der Waals surface area contributed by atoms with Gasteiger partial charge in [-0.3, -0.25) is 14.3 Å². The van der Waals surface area contributed by atoms with E-state index in [2.05, 4.69) is 4.98 Å². The van der Waals surface area contributed by atoms with Gasteiger partial charge in [-0.2, -0.15) is 0 Å². The van der Waals surface area contributed by atoms with Gasteiger partial charge in [0.05, 0.1) is 19.8 Å². The molecule has 2 atom stereocenters. The number of ether oxygens (including phenoxy) is 2. The summed E-state index contributed by atoms with van der Waals surface area (Å²) >= 11 is 0. The van der Waals surface area contributed by atoms with E-state index in [1.807, 2.05) is 0 Å². The molecule has 0 bridgehead atoms. The normalized spacial score (nSPS) is 25.6. The van der Waals surface area contributed by atoms with E-state index in [0.717, 1.165) is 0 Å². The highest BCUT2D eigenvalue weighted by atomic mass is 16.6. The summed E-state index contributed by atoms with van der Waals surface area (Å²) in [5, 5.41) is 8.82. The zero-order chi connectivity index (χ0) is 11.5. The lowest BCUT2D eigenvalue weighted by atomic mass is 10.3. The van der Waals surface area contributed by atoms with Crippen LogP contribution in [-0.2, 0) is 9.47 Å². The van der Waals surface area contributed by atoms with Gasteiger partial charge in [-0.05, 0) is 0 Å². The van der Waals surface area contributed by atoms with E-state index in [9.17, 15) is 9.59 Å². The Bertz CT molecular complexity index is 457. The van der Waals surface area contributed by atoms with Crippen LogP contribution in [0.2, 0.25) is 0 Å². The third kappa shape index (κ3) is 2.21. The van der Waals surface area contributed by atoms with Crippen LogP contribution in [-0.4, -0.2) is 40.6 Å². The molecule has 0 aliphatic carbocycles. The van der Waals surface area contributed by atoms with Gasteiger partial charge in [0, 0.05) is 12.3 Å². The van der Waals surface area contributed by atoms with Gasteiger partial charge in [-0.1, -0.05) is 0 Å². The van der Waals surface area contributed by atoms with Crippen LogP contribution in [0.5, 0.6) is 0 Å². The lowest BCUT2D eigenvalue weighted by Gasteiger charge is -2.29. The van der Waals surface area contributed by atoms with Crippen LogP contribution >= 0.6 is 0 Å². The standard InChI is InChI=1S/C9H12N2O5/c12-3-6-4-16-8(5-15-6)11-2-1-7(13)10-9(11)14/h1-2,6,8,12H,3-5H2,(H,10,13,14). The molecule has 2 heterocycles. The van der Waals surface area contributed by atoms with Crippen LogP contribution in [0, 0.1) is 0 Å². The fraction of sp³-hybridized carbons (Fsp3) is 0.556. The minimum atomic E-state index is -0.563. The number of aromatic amines is 1. The Labute approximate surface area is 90.2 Å². The molecule has 1 aromatic rings. The molecule has 7 nitrogen and oxygen atoms in total. The smallest absolute Gasteiger partial charge is 0.330 e. The van der Waals surface area contributed by atoms with E-state index in [1.54, 1.807) is 0 Å². The molecule has 1 aliphatic rings. The average Bonchev–Trinajstić information content (AvgIpc) is 2.29. The van der Waals surface area contributed by atoms with E-state index >= 15 is 0 Å². The number of rotatable bonds is 2. The van der Waals surface area contributed by atoms with Crippen molar-refractivity contribution in [1.29, 1.82) is 0 Å². The van der Waals surface area contributed by atoms with Crippen molar-refractivity contribution >= 4 is 0 Å². The Morgan fingerprint density at radius 3 is 2.81 bits per heavy atom. The second kappa shape index (κ2) is 4.60. The molecule has 88 valence electrons. The maximum absolute atomic E-state index is 11.4. The molecule has 2 N–H and O–H groups in total. The largest absolute Gasteiger partial charge is 0.394 e. The van der Waals surface area contributed by atoms with Crippen molar-refractivity contribution in [3.8, 4) is 0 Å². The summed E-state index contributed by atoms with van der Waals surface area (Å²) in [6.07, 6.45) is 0.441. The Hall–Kier alpha value is -1.44. The Balaban J connectivity index is 2.14. The molecular formula is C9H12N2O5. The highest BCUT2D eigenvalue weighted by Gasteiger charge is 2.23. The third-order valence-corrected chi connectivity index (χ3v) is 2.31. The predicted octanol–water partition coefficient (Wildman–Crippen LogP) is -1.56. The number of hydrogen-bond donors (Lipinski definition) is 2. The number of hydrogen-bond acceptors (Lipinski definition) is 5. The van der Waals surface area contributed by atoms with E-state index < -0.39 is 17.5 Å². The zero-order valence-electron chi connectivity index (χ0n) is 8.46. The lowest BCUT2D eigenvalue weighted by Crippen LogP contribution is -2.40. The molecule has 2 unspecified atom stereocenters.